The topological polar surface area (TPSA) is 46.3 Å². The number of thiocarbonyl (C=S) groups is 1. The molecule has 0 heterocycles. The van der Waals surface area contributed by atoms with E-state index in [9.17, 15) is 9.18 Å². The van der Waals surface area contributed by atoms with Gasteiger partial charge in [-0.3, -0.25) is 4.79 Å². The summed E-state index contributed by atoms with van der Waals surface area (Å²) >= 11 is 7.88. The van der Waals surface area contributed by atoms with Crippen LogP contribution >= 0.6 is 28.1 Å². The molecule has 0 aliphatic carbocycles. The summed E-state index contributed by atoms with van der Waals surface area (Å²) in [4.78, 5) is 13.6. The Morgan fingerprint density at radius 3 is 2.71 bits per heavy atom. The summed E-state index contributed by atoms with van der Waals surface area (Å²) in [6.07, 6.45) is 0. The van der Waals surface area contributed by atoms with Gasteiger partial charge in [0.25, 0.3) is 5.91 Å². The molecule has 1 aromatic rings. The molecule has 1 amide bonds. The number of halogens is 2. The lowest BCUT2D eigenvalue weighted by molar-refractivity contribution is 0.0783. The van der Waals surface area contributed by atoms with Gasteiger partial charge >= 0.3 is 0 Å². The highest BCUT2D eigenvalue weighted by Gasteiger charge is 2.18. The average molecular weight is 319 g/mol. The molecule has 0 unspecified atom stereocenters. The molecule has 3 nitrogen and oxygen atoms in total. The number of hydrogen-bond acceptors (Lipinski definition) is 2. The molecule has 0 aliphatic rings. The van der Waals surface area contributed by atoms with E-state index >= 15 is 0 Å². The van der Waals surface area contributed by atoms with Crippen LogP contribution in [0, 0.1) is 5.82 Å². The van der Waals surface area contributed by atoms with Crippen LogP contribution in [0.25, 0.3) is 0 Å². The third kappa shape index (κ3) is 3.74. The molecule has 0 fully saturated rings. The van der Waals surface area contributed by atoms with Crippen molar-refractivity contribution >= 4 is 39.0 Å². The van der Waals surface area contributed by atoms with Crippen LogP contribution in [0.4, 0.5) is 4.39 Å². The Morgan fingerprint density at radius 2 is 2.24 bits per heavy atom. The Hall–Kier alpha value is -1.01. The minimum Gasteiger partial charge on any atom is -0.392 e. The first-order chi connectivity index (χ1) is 7.95. The highest BCUT2D eigenvalue weighted by Crippen LogP contribution is 2.16. The van der Waals surface area contributed by atoms with Crippen molar-refractivity contribution in [3.8, 4) is 0 Å². The van der Waals surface area contributed by atoms with Gasteiger partial charge in [-0.15, -0.1) is 0 Å². The van der Waals surface area contributed by atoms with E-state index in [1.807, 2.05) is 0 Å². The summed E-state index contributed by atoms with van der Waals surface area (Å²) in [6, 6.07) is 4.30. The van der Waals surface area contributed by atoms with Crippen molar-refractivity contribution in [2.75, 3.05) is 13.1 Å². The molecule has 0 atom stereocenters. The van der Waals surface area contributed by atoms with Gasteiger partial charge in [0.2, 0.25) is 0 Å². The van der Waals surface area contributed by atoms with Gasteiger partial charge in [-0.05, 0) is 25.1 Å². The first kappa shape index (κ1) is 14.1. The molecule has 6 heteroatoms. The van der Waals surface area contributed by atoms with Crippen molar-refractivity contribution in [3.63, 3.8) is 0 Å². The van der Waals surface area contributed by atoms with Crippen LogP contribution in [0.5, 0.6) is 0 Å². The number of carbonyl (C=O) groups is 1. The molecule has 92 valence electrons. The lowest BCUT2D eigenvalue weighted by Crippen LogP contribution is -2.37. The van der Waals surface area contributed by atoms with Gasteiger partial charge in [0.15, 0.2) is 0 Å². The molecule has 0 aliphatic heterocycles. The van der Waals surface area contributed by atoms with Crippen LogP contribution in [-0.4, -0.2) is 28.9 Å². The summed E-state index contributed by atoms with van der Waals surface area (Å²) in [7, 11) is 0. The summed E-state index contributed by atoms with van der Waals surface area (Å²) < 4.78 is 14.2. The van der Waals surface area contributed by atoms with Gasteiger partial charge in [0, 0.05) is 11.0 Å². The van der Waals surface area contributed by atoms with Gasteiger partial charge in [0.05, 0.1) is 17.1 Å². The molecule has 2 N–H and O–H groups in total. The van der Waals surface area contributed by atoms with Crippen LogP contribution in [0.1, 0.15) is 17.3 Å². The molecule has 1 rings (SSSR count). The second-order valence-electron chi connectivity index (χ2n) is 3.41. The number of likely N-dealkylation sites (N-methyl/N-ethyl adjacent to an activating group) is 1. The second-order valence-corrected chi connectivity index (χ2v) is 4.85. The first-order valence-corrected chi connectivity index (χ1v) is 6.18. The number of rotatable bonds is 4. The predicted molar refractivity (Wildman–Crippen MR) is 72.5 cm³/mol. The van der Waals surface area contributed by atoms with Gasteiger partial charge in [-0.25, -0.2) is 4.39 Å². The maximum Gasteiger partial charge on any atom is 0.257 e. The van der Waals surface area contributed by atoms with Crippen molar-refractivity contribution in [1.82, 2.24) is 4.90 Å². The maximum atomic E-state index is 13.6. The van der Waals surface area contributed by atoms with E-state index in [4.69, 9.17) is 18.0 Å². The fraction of sp³-hybridized carbons (Fsp3) is 0.273. The smallest absolute Gasteiger partial charge is 0.257 e. The molecule has 0 radical (unpaired) electrons. The Balaban J connectivity index is 2.97. The Labute approximate surface area is 113 Å². The molecule has 0 saturated carbocycles. The molecule has 17 heavy (non-hydrogen) atoms. The van der Waals surface area contributed by atoms with Crippen molar-refractivity contribution in [2.45, 2.75) is 6.92 Å². The quantitative estimate of drug-likeness (QED) is 0.867. The van der Waals surface area contributed by atoms with Gasteiger partial charge in [0.1, 0.15) is 5.82 Å². The normalized spacial score (nSPS) is 10.1. The molecule has 1 aromatic carbocycles. The molecular formula is C11H12BrFN2OS. The third-order valence-corrected chi connectivity index (χ3v) is 2.80. The second kappa shape index (κ2) is 6.07. The standard InChI is InChI=1S/C11H12BrFN2OS/c1-2-15(6-10(14)17)11(16)8-4-3-7(12)5-9(8)13/h3-5H,2,6H2,1H3,(H2,14,17). The molecule has 0 bridgehead atoms. The van der Waals surface area contributed by atoms with Crippen LogP contribution in [0.15, 0.2) is 22.7 Å². The summed E-state index contributed by atoms with van der Waals surface area (Å²) in [5, 5.41) is 0. The Bertz CT molecular complexity index is 453. The van der Waals surface area contributed by atoms with Crippen molar-refractivity contribution < 1.29 is 9.18 Å². The van der Waals surface area contributed by atoms with Crippen molar-refractivity contribution in [3.05, 3.63) is 34.1 Å². The lowest BCUT2D eigenvalue weighted by Gasteiger charge is -2.20. The number of nitrogens with two attached hydrogens (primary N) is 1. The van der Waals surface area contributed by atoms with Crippen molar-refractivity contribution in [1.29, 1.82) is 0 Å². The maximum absolute atomic E-state index is 13.6. The molecule has 0 spiro atoms. The minimum atomic E-state index is -0.564. The average Bonchev–Trinajstić information content (AvgIpc) is 2.24. The number of benzene rings is 1. The van der Waals surface area contributed by atoms with E-state index in [-0.39, 0.29) is 17.1 Å². The fourth-order valence-electron chi connectivity index (χ4n) is 1.35. The zero-order valence-corrected chi connectivity index (χ0v) is 11.6. The molecule has 0 aromatic heterocycles. The highest BCUT2D eigenvalue weighted by molar-refractivity contribution is 9.10. The van der Waals surface area contributed by atoms with E-state index in [2.05, 4.69) is 15.9 Å². The molecular weight excluding hydrogens is 307 g/mol. The van der Waals surface area contributed by atoms with E-state index in [1.54, 1.807) is 13.0 Å². The lowest BCUT2D eigenvalue weighted by atomic mass is 10.2. The van der Waals surface area contributed by atoms with E-state index < -0.39 is 11.7 Å². The van der Waals surface area contributed by atoms with Crippen molar-refractivity contribution in [2.24, 2.45) is 5.73 Å². The number of nitrogens with zero attached hydrogens (tertiary/aromatic N) is 1. The molecule has 0 saturated heterocycles. The van der Waals surface area contributed by atoms with E-state index in [0.717, 1.165) is 0 Å². The van der Waals surface area contributed by atoms with Crippen LogP contribution in [0.3, 0.4) is 0 Å². The van der Waals surface area contributed by atoms with Gasteiger partial charge in [-0.1, -0.05) is 28.1 Å². The van der Waals surface area contributed by atoms with E-state index in [1.165, 1.54) is 17.0 Å². The minimum absolute atomic E-state index is 0.0197. The number of amides is 1. The van der Waals surface area contributed by atoms with E-state index in [0.29, 0.717) is 11.0 Å². The SMILES string of the molecule is CCN(CC(N)=S)C(=O)c1ccc(Br)cc1F. The third-order valence-electron chi connectivity index (χ3n) is 2.18. The fourth-order valence-corrected chi connectivity index (χ4v) is 1.84. The summed E-state index contributed by atoms with van der Waals surface area (Å²) in [5.74, 6) is -0.976. The number of hydrogen-bond donors (Lipinski definition) is 1. The zero-order chi connectivity index (χ0) is 13.0. The Kier molecular flexibility index (Phi) is 5.02. The predicted octanol–water partition coefficient (Wildman–Crippen LogP) is 2.34. The highest BCUT2D eigenvalue weighted by atomic mass is 79.9. The van der Waals surface area contributed by atoms with Crippen LogP contribution in [0.2, 0.25) is 0 Å². The summed E-state index contributed by atoms with van der Waals surface area (Å²) in [6.45, 7) is 2.36. The largest absolute Gasteiger partial charge is 0.392 e. The first-order valence-electron chi connectivity index (χ1n) is 4.98. The van der Waals surface area contributed by atoms with Gasteiger partial charge in [-0.2, -0.15) is 0 Å². The van der Waals surface area contributed by atoms with Gasteiger partial charge < -0.3 is 10.6 Å². The van der Waals surface area contributed by atoms with Crippen LogP contribution in [-0.2, 0) is 0 Å². The Morgan fingerprint density at radius 1 is 1.59 bits per heavy atom. The zero-order valence-electron chi connectivity index (χ0n) is 9.24. The summed E-state index contributed by atoms with van der Waals surface area (Å²) in [5.41, 5.74) is 5.40. The number of carbonyl (C=O) groups excluding carboxylic acids is 1. The monoisotopic (exact) mass is 318 g/mol. The van der Waals surface area contributed by atoms with Crippen LogP contribution < -0.4 is 5.73 Å².